The summed E-state index contributed by atoms with van der Waals surface area (Å²) in [6.07, 6.45) is 0.481. The largest absolute Gasteiger partial charge is 0.504 e. The van der Waals surface area contributed by atoms with Gasteiger partial charge >= 0.3 is 5.97 Å². The molecule has 1 aliphatic rings. The summed E-state index contributed by atoms with van der Waals surface area (Å²) < 4.78 is 5.24. The Kier molecular flexibility index (Phi) is 3.66. The number of hydrogen-bond donors (Lipinski definition) is 3. The number of aliphatic carboxylic acids is 1. The first kappa shape index (κ1) is 13.7. The van der Waals surface area contributed by atoms with Crippen molar-refractivity contribution in [3.8, 4) is 11.5 Å². The molecule has 2 unspecified atom stereocenters. The van der Waals surface area contributed by atoms with Crippen LogP contribution in [0.15, 0.2) is 6.07 Å². The molecule has 1 aliphatic heterocycles. The van der Waals surface area contributed by atoms with E-state index in [-0.39, 0.29) is 11.8 Å². The SMILES string of the molecule is COc1c(C)c(C)cc(C2CC(C(=O)O)CN2)c1O. The number of carbonyl (C=O) groups is 1. The first-order valence-corrected chi connectivity index (χ1v) is 6.29. The molecule has 0 bridgehead atoms. The third-order valence-corrected chi connectivity index (χ3v) is 3.85. The minimum Gasteiger partial charge on any atom is -0.504 e. The number of carboxylic acids is 1. The Morgan fingerprint density at radius 3 is 2.68 bits per heavy atom. The van der Waals surface area contributed by atoms with E-state index in [1.54, 1.807) is 0 Å². The van der Waals surface area contributed by atoms with Gasteiger partial charge in [0.15, 0.2) is 11.5 Å². The summed E-state index contributed by atoms with van der Waals surface area (Å²) in [5.74, 6) is -0.632. The van der Waals surface area contributed by atoms with Gasteiger partial charge in [-0.05, 0) is 31.4 Å². The van der Waals surface area contributed by atoms with E-state index in [0.717, 1.165) is 11.1 Å². The van der Waals surface area contributed by atoms with Crippen LogP contribution in [0.2, 0.25) is 0 Å². The summed E-state index contributed by atoms with van der Waals surface area (Å²) >= 11 is 0. The first-order chi connectivity index (χ1) is 8.95. The average molecular weight is 265 g/mol. The molecule has 5 heteroatoms. The molecule has 0 radical (unpaired) electrons. The number of methoxy groups -OCH3 is 1. The molecule has 0 saturated carbocycles. The first-order valence-electron chi connectivity index (χ1n) is 6.29. The topological polar surface area (TPSA) is 78.8 Å². The van der Waals surface area contributed by atoms with Crippen LogP contribution in [-0.4, -0.2) is 29.8 Å². The van der Waals surface area contributed by atoms with Crippen molar-refractivity contribution < 1.29 is 19.7 Å². The highest BCUT2D eigenvalue weighted by molar-refractivity contribution is 5.71. The Morgan fingerprint density at radius 2 is 2.16 bits per heavy atom. The van der Waals surface area contributed by atoms with Crippen LogP contribution in [0.4, 0.5) is 0 Å². The number of rotatable bonds is 3. The van der Waals surface area contributed by atoms with Crippen LogP contribution in [0.25, 0.3) is 0 Å². The fourth-order valence-corrected chi connectivity index (χ4v) is 2.57. The molecule has 2 atom stereocenters. The van der Waals surface area contributed by atoms with Crippen LogP contribution >= 0.6 is 0 Å². The van der Waals surface area contributed by atoms with Crippen molar-refractivity contribution in [2.45, 2.75) is 26.3 Å². The molecule has 0 aliphatic carbocycles. The molecule has 1 heterocycles. The zero-order valence-corrected chi connectivity index (χ0v) is 11.4. The normalized spacial score (nSPS) is 22.5. The van der Waals surface area contributed by atoms with Gasteiger partial charge in [0.25, 0.3) is 0 Å². The van der Waals surface area contributed by atoms with Gasteiger partial charge in [0.05, 0.1) is 13.0 Å². The molecule has 1 saturated heterocycles. The standard InChI is InChI=1S/C14H19NO4/c1-7-4-10(12(16)13(19-3)8(7)2)11-5-9(6-15-11)14(17)18/h4,9,11,15-16H,5-6H2,1-3H3,(H,17,18). The van der Waals surface area contributed by atoms with E-state index < -0.39 is 11.9 Å². The van der Waals surface area contributed by atoms with E-state index in [1.165, 1.54) is 7.11 Å². The molecule has 1 fully saturated rings. The molecule has 5 nitrogen and oxygen atoms in total. The highest BCUT2D eigenvalue weighted by Crippen LogP contribution is 2.41. The molecule has 104 valence electrons. The third-order valence-electron chi connectivity index (χ3n) is 3.85. The molecule has 1 aromatic carbocycles. The van der Waals surface area contributed by atoms with Crippen molar-refractivity contribution >= 4 is 5.97 Å². The Morgan fingerprint density at radius 1 is 1.47 bits per heavy atom. The Bertz CT molecular complexity index is 513. The number of nitrogens with one attached hydrogen (secondary N) is 1. The van der Waals surface area contributed by atoms with Gasteiger partial charge in [0.2, 0.25) is 0 Å². The quantitative estimate of drug-likeness (QED) is 0.776. The van der Waals surface area contributed by atoms with Crippen molar-refractivity contribution in [3.05, 3.63) is 22.8 Å². The molecule has 2 rings (SSSR count). The van der Waals surface area contributed by atoms with Crippen molar-refractivity contribution in [3.63, 3.8) is 0 Å². The number of ether oxygens (including phenoxy) is 1. The van der Waals surface area contributed by atoms with Crippen molar-refractivity contribution in [2.24, 2.45) is 5.92 Å². The molecular formula is C14H19NO4. The molecule has 0 aromatic heterocycles. The summed E-state index contributed by atoms with van der Waals surface area (Å²) in [7, 11) is 1.52. The smallest absolute Gasteiger partial charge is 0.307 e. The predicted molar refractivity (Wildman–Crippen MR) is 70.6 cm³/mol. The molecule has 1 aromatic rings. The zero-order chi connectivity index (χ0) is 14.2. The van der Waals surface area contributed by atoms with E-state index in [9.17, 15) is 9.90 Å². The lowest BCUT2D eigenvalue weighted by molar-refractivity contribution is -0.141. The number of benzene rings is 1. The minimum absolute atomic E-state index is 0.106. The van der Waals surface area contributed by atoms with Gasteiger partial charge in [-0.2, -0.15) is 0 Å². The maximum absolute atomic E-state index is 11.0. The second-order valence-electron chi connectivity index (χ2n) is 5.02. The minimum atomic E-state index is -0.801. The Hall–Kier alpha value is -1.75. The third kappa shape index (κ3) is 2.38. The molecular weight excluding hydrogens is 246 g/mol. The molecule has 19 heavy (non-hydrogen) atoms. The second-order valence-corrected chi connectivity index (χ2v) is 5.02. The zero-order valence-electron chi connectivity index (χ0n) is 11.4. The lowest BCUT2D eigenvalue weighted by Gasteiger charge is -2.18. The van der Waals surface area contributed by atoms with Gasteiger partial charge < -0.3 is 20.3 Å². The van der Waals surface area contributed by atoms with E-state index in [4.69, 9.17) is 9.84 Å². The maximum Gasteiger partial charge on any atom is 0.307 e. The summed E-state index contributed by atoms with van der Waals surface area (Å²) in [6, 6.07) is 1.75. The monoisotopic (exact) mass is 265 g/mol. The number of aryl methyl sites for hydroxylation is 1. The Balaban J connectivity index is 2.36. The second kappa shape index (κ2) is 5.09. The van der Waals surface area contributed by atoms with Gasteiger partial charge in [0.1, 0.15) is 0 Å². The van der Waals surface area contributed by atoms with Crippen molar-refractivity contribution in [1.82, 2.24) is 5.32 Å². The maximum atomic E-state index is 11.0. The molecule has 3 N–H and O–H groups in total. The highest BCUT2D eigenvalue weighted by Gasteiger charge is 2.32. The van der Waals surface area contributed by atoms with Gasteiger partial charge in [-0.15, -0.1) is 0 Å². The van der Waals surface area contributed by atoms with E-state index >= 15 is 0 Å². The van der Waals surface area contributed by atoms with Gasteiger partial charge in [0, 0.05) is 18.2 Å². The number of carboxylic acid groups (broad SMARTS) is 1. The average Bonchev–Trinajstić information content (AvgIpc) is 2.84. The van der Waals surface area contributed by atoms with E-state index in [0.29, 0.717) is 24.3 Å². The highest BCUT2D eigenvalue weighted by atomic mass is 16.5. The Labute approximate surface area is 112 Å². The lowest BCUT2D eigenvalue weighted by Crippen LogP contribution is -2.17. The van der Waals surface area contributed by atoms with Gasteiger partial charge in [-0.1, -0.05) is 6.07 Å². The number of aromatic hydroxyl groups is 1. The number of phenolic OH excluding ortho intramolecular Hbond substituents is 1. The van der Waals surface area contributed by atoms with Crippen LogP contribution in [0.3, 0.4) is 0 Å². The molecule has 0 spiro atoms. The summed E-state index contributed by atoms with van der Waals surface area (Å²) in [5.41, 5.74) is 2.63. The van der Waals surface area contributed by atoms with Crippen LogP contribution in [0, 0.1) is 19.8 Å². The predicted octanol–water partition coefficient (Wildman–Crippen LogP) is 1.75. The lowest BCUT2D eigenvalue weighted by atomic mass is 9.95. The number of hydrogen-bond acceptors (Lipinski definition) is 4. The summed E-state index contributed by atoms with van der Waals surface area (Å²) in [5, 5.41) is 22.4. The van der Waals surface area contributed by atoms with Crippen molar-refractivity contribution in [1.29, 1.82) is 0 Å². The van der Waals surface area contributed by atoms with Crippen LogP contribution in [0.1, 0.15) is 29.2 Å². The fraction of sp³-hybridized carbons (Fsp3) is 0.500. The van der Waals surface area contributed by atoms with E-state index in [1.807, 2.05) is 19.9 Å². The summed E-state index contributed by atoms with van der Waals surface area (Å²) in [4.78, 5) is 11.0. The van der Waals surface area contributed by atoms with E-state index in [2.05, 4.69) is 5.32 Å². The van der Waals surface area contributed by atoms with Crippen LogP contribution in [-0.2, 0) is 4.79 Å². The summed E-state index contributed by atoms with van der Waals surface area (Å²) in [6.45, 7) is 4.26. The van der Waals surface area contributed by atoms with Crippen LogP contribution in [0.5, 0.6) is 11.5 Å². The fourth-order valence-electron chi connectivity index (χ4n) is 2.57. The van der Waals surface area contributed by atoms with Gasteiger partial charge in [-0.3, -0.25) is 4.79 Å². The van der Waals surface area contributed by atoms with Crippen molar-refractivity contribution in [2.75, 3.05) is 13.7 Å². The molecule has 0 amide bonds. The van der Waals surface area contributed by atoms with Gasteiger partial charge in [-0.25, -0.2) is 0 Å². The number of phenols is 1. The van der Waals surface area contributed by atoms with Crippen LogP contribution < -0.4 is 10.1 Å².